The summed E-state index contributed by atoms with van der Waals surface area (Å²) >= 11 is 0. The summed E-state index contributed by atoms with van der Waals surface area (Å²) in [5.74, 6) is 6.71. The van der Waals surface area contributed by atoms with E-state index in [9.17, 15) is 4.79 Å². The number of hydrogen-bond donors (Lipinski definition) is 4. The molecule has 0 aliphatic carbocycles. The SMILES string of the molecule is NNC(=O)c1ccc(-c2cc3[nH]nc(N)c3c(-c3ccc(Oc4ccccc4)cc3)n2)cc1. The van der Waals surface area contributed by atoms with E-state index >= 15 is 0 Å². The van der Waals surface area contributed by atoms with Gasteiger partial charge in [0.15, 0.2) is 5.82 Å². The Hall–Kier alpha value is -4.69. The maximum atomic E-state index is 11.7. The molecule has 0 radical (unpaired) electrons. The van der Waals surface area contributed by atoms with Crippen molar-refractivity contribution in [2.75, 3.05) is 5.73 Å². The smallest absolute Gasteiger partial charge is 0.265 e. The van der Waals surface area contributed by atoms with Crippen LogP contribution in [0, 0.1) is 0 Å². The molecule has 0 aliphatic rings. The first-order valence-electron chi connectivity index (χ1n) is 10.2. The molecule has 6 N–H and O–H groups in total. The van der Waals surface area contributed by atoms with Gasteiger partial charge < -0.3 is 10.5 Å². The molecule has 1 amide bonds. The summed E-state index contributed by atoms with van der Waals surface area (Å²) in [6.07, 6.45) is 0. The number of hydrogen-bond acceptors (Lipinski definition) is 6. The topological polar surface area (TPSA) is 132 Å². The summed E-state index contributed by atoms with van der Waals surface area (Å²) in [6, 6.07) is 26.1. The Morgan fingerprint density at radius 3 is 2.24 bits per heavy atom. The number of carbonyl (C=O) groups is 1. The predicted molar refractivity (Wildman–Crippen MR) is 127 cm³/mol. The molecule has 0 unspecified atom stereocenters. The minimum absolute atomic E-state index is 0.357. The zero-order chi connectivity index (χ0) is 22.8. The highest BCUT2D eigenvalue weighted by Crippen LogP contribution is 2.34. The number of fused-ring (bicyclic) bond motifs is 1. The number of anilines is 1. The van der Waals surface area contributed by atoms with E-state index in [0.29, 0.717) is 28.5 Å². The van der Waals surface area contributed by atoms with Gasteiger partial charge in [0.1, 0.15) is 11.5 Å². The van der Waals surface area contributed by atoms with E-state index in [1.165, 1.54) is 0 Å². The molecular weight excluding hydrogens is 416 g/mol. The number of carbonyl (C=O) groups excluding carboxylic acids is 1. The number of nitrogen functional groups attached to an aromatic ring is 2. The maximum absolute atomic E-state index is 11.7. The molecule has 0 atom stereocenters. The molecule has 162 valence electrons. The van der Waals surface area contributed by atoms with Crippen molar-refractivity contribution < 1.29 is 9.53 Å². The number of rotatable bonds is 5. The van der Waals surface area contributed by atoms with Crippen LogP contribution >= 0.6 is 0 Å². The Morgan fingerprint density at radius 1 is 0.879 bits per heavy atom. The molecule has 3 aromatic carbocycles. The summed E-state index contributed by atoms with van der Waals surface area (Å²) < 4.78 is 5.89. The normalized spacial score (nSPS) is 10.8. The number of ether oxygens (including phenoxy) is 1. The molecule has 0 saturated heterocycles. The van der Waals surface area contributed by atoms with E-state index in [-0.39, 0.29) is 5.91 Å². The van der Waals surface area contributed by atoms with Gasteiger partial charge in [-0.2, -0.15) is 5.10 Å². The van der Waals surface area contributed by atoms with Crippen LogP contribution in [0.3, 0.4) is 0 Å². The van der Waals surface area contributed by atoms with Crippen LogP contribution in [-0.4, -0.2) is 21.1 Å². The molecule has 0 spiro atoms. The first-order valence-corrected chi connectivity index (χ1v) is 10.2. The van der Waals surface area contributed by atoms with Crippen molar-refractivity contribution in [2.45, 2.75) is 0 Å². The molecule has 0 saturated carbocycles. The van der Waals surface area contributed by atoms with Crippen molar-refractivity contribution >= 4 is 22.6 Å². The summed E-state index contributed by atoms with van der Waals surface area (Å²) in [6.45, 7) is 0. The molecule has 8 nitrogen and oxygen atoms in total. The monoisotopic (exact) mass is 436 g/mol. The molecular formula is C25H20N6O2. The van der Waals surface area contributed by atoms with Gasteiger partial charge in [-0.25, -0.2) is 10.8 Å². The van der Waals surface area contributed by atoms with Gasteiger partial charge in [-0.05, 0) is 54.6 Å². The Balaban J connectivity index is 1.53. The van der Waals surface area contributed by atoms with Crippen LogP contribution in [-0.2, 0) is 0 Å². The van der Waals surface area contributed by atoms with Crippen molar-refractivity contribution in [2.24, 2.45) is 5.84 Å². The third kappa shape index (κ3) is 3.98. The fourth-order valence-electron chi connectivity index (χ4n) is 3.61. The van der Waals surface area contributed by atoms with Gasteiger partial charge >= 0.3 is 0 Å². The quantitative estimate of drug-likeness (QED) is 0.185. The van der Waals surface area contributed by atoms with E-state index in [1.54, 1.807) is 12.1 Å². The Morgan fingerprint density at radius 2 is 1.55 bits per heavy atom. The van der Waals surface area contributed by atoms with Crippen LogP contribution in [0.1, 0.15) is 10.4 Å². The molecule has 2 heterocycles. The van der Waals surface area contributed by atoms with Crippen LogP contribution in [0.4, 0.5) is 5.82 Å². The highest BCUT2D eigenvalue weighted by atomic mass is 16.5. The molecule has 5 rings (SSSR count). The molecule has 0 fully saturated rings. The lowest BCUT2D eigenvalue weighted by Crippen LogP contribution is -2.29. The molecule has 0 bridgehead atoms. The molecule has 5 aromatic rings. The number of benzene rings is 3. The molecule has 8 heteroatoms. The lowest BCUT2D eigenvalue weighted by atomic mass is 10.0. The highest BCUT2D eigenvalue weighted by Gasteiger charge is 2.15. The predicted octanol–water partition coefficient (Wildman–Crippen LogP) is 4.27. The van der Waals surface area contributed by atoms with Crippen molar-refractivity contribution in [1.82, 2.24) is 20.6 Å². The second-order valence-electron chi connectivity index (χ2n) is 7.38. The Kier molecular flexibility index (Phi) is 5.18. The molecule has 0 aliphatic heterocycles. The number of nitrogens with two attached hydrogens (primary N) is 2. The van der Waals surface area contributed by atoms with Crippen molar-refractivity contribution in [3.63, 3.8) is 0 Å². The summed E-state index contributed by atoms with van der Waals surface area (Å²) in [5, 5.41) is 7.88. The average molecular weight is 436 g/mol. The van der Waals surface area contributed by atoms with Gasteiger partial charge in [-0.15, -0.1) is 0 Å². The fourth-order valence-corrected chi connectivity index (χ4v) is 3.61. The minimum Gasteiger partial charge on any atom is -0.457 e. The number of amides is 1. The minimum atomic E-state index is -0.357. The van der Waals surface area contributed by atoms with Crippen LogP contribution in [0.2, 0.25) is 0 Å². The van der Waals surface area contributed by atoms with E-state index < -0.39 is 0 Å². The van der Waals surface area contributed by atoms with Crippen LogP contribution in [0.5, 0.6) is 11.5 Å². The Bertz CT molecular complexity index is 1430. The third-order valence-electron chi connectivity index (χ3n) is 5.25. The lowest BCUT2D eigenvalue weighted by molar-refractivity contribution is 0.0953. The number of nitrogens with zero attached hydrogens (tertiary/aromatic N) is 2. The van der Waals surface area contributed by atoms with Crippen LogP contribution < -0.4 is 21.7 Å². The second kappa shape index (κ2) is 8.45. The zero-order valence-electron chi connectivity index (χ0n) is 17.4. The van der Waals surface area contributed by atoms with E-state index in [2.05, 4.69) is 15.6 Å². The number of H-pyrrole nitrogens is 1. The van der Waals surface area contributed by atoms with Gasteiger partial charge in [-0.3, -0.25) is 15.3 Å². The summed E-state index contributed by atoms with van der Waals surface area (Å²) in [4.78, 5) is 16.6. The van der Waals surface area contributed by atoms with Crippen LogP contribution in [0.15, 0.2) is 84.9 Å². The number of aromatic amines is 1. The van der Waals surface area contributed by atoms with Crippen molar-refractivity contribution in [1.29, 1.82) is 0 Å². The number of aromatic nitrogens is 3. The number of para-hydroxylation sites is 1. The highest BCUT2D eigenvalue weighted by molar-refractivity contribution is 6.01. The van der Waals surface area contributed by atoms with E-state index in [0.717, 1.165) is 27.8 Å². The number of nitrogens with one attached hydrogen (secondary N) is 2. The summed E-state index contributed by atoms with van der Waals surface area (Å²) in [5.41, 5.74) is 12.6. The first kappa shape index (κ1) is 20.2. The van der Waals surface area contributed by atoms with Gasteiger partial charge in [0.05, 0.1) is 22.3 Å². The third-order valence-corrected chi connectivity index (χ3v) is 5.25. The molecule has 2 aromatic heterocycles. The van der Waals surface area contributed by atoms with Gasteiger partial charge in [-0.1, -0.05) is 30.3 Å². The first-order chi connectivity index (χ1) is 16.1. The number of hydrazine groups is 1. The number of pyridine rings is 1. The standard InChI is InChI=1S/C25H20N6O2/c26-24-22-21(30-31-24)14-20(15-6-8-17(9-7-15)25(32)29-27)28-23(22)16-10-12-19(13-11-16)33-18-4-2-1-3-5-18/h1-14H,27H2,(H,29,32)(H3,26,30,31). The van der Waals surface area contributed by atoms with Gasteiger partial charge in [0, 0.05) is 16.7 Å². The molecule has 33 heavy (non-hydrogen) atoms. The second-order valence-corrected chi connectivity index (χ2v) is 7.38. The average Bonchev–Trinajstić information content (AvgIpc) is 3.25. The van der Waals surface area contributed by atoms with Crippen molar-refractivity contribution in [3.8, 4) is 34.0 Å². The maximum Gasteiger partial charge on any atom is 0.265 e. The lowest BCUT2D eigenvalue weighted by Gasteiger charge is -2.10. The van der Waals surface area contributed by atoms with E-state index in [4.69, 9.17) is 21.3 Å². The summed E-state index contributed by atoms with van der Waals surface area (Å²) in [7, 11) is 0. The largest absolute Gasteiger partial charge is 0.457 e. The Labute approximate surface area is 189 Å². The zero-order valence-corrected chi connectivity index (χ0v) is 17.4. The van der Waals surface area contributed by atoms with Gasteiger partial charge in [0.2, 0.25) is 0 Å². The van der Waals surface area contributed by atoms with Gasteiger partial charge in [0.25, 0.3) is 5.91 Å². The van der Waals surface area contributed by atoms with Crippen molar-refractivity contribution in [3.05, 3.63) is 90.5 Å². The fraction of sp³-hybridized carbons (Fsp3) is 0. The van der Waals surface area contributed by atoms with Crippen LogP contribution in [0.25, 0.3) is 33.4 Å². The van der Waals surface area contributed by atoms with E-state index in [1.807, 2.05) is 72.8 Å².